The van der Waals surface area contributed by atoms with E-state index in [1.807, 2.05) is 13.8 Å². The Balaban J connectivity index is 2.84. The molecule has 2 nitrogen and oxygen atoms in total. The number of hydrogen-bond donors (Lipinski definition) is 1. The predicted octanol–water partition coefficient (Wildman–Crippen LogP) is 2.83. The van der Waals surface area contributed by atoms with E-state index in [1.54, 1.807) is 0 Å². The minimum Gasteiger partial charge on any atom is -0.429 e. The van der Waals surface area contributed by atoms with Gasteiger partial charge in [0.15, 0.2) is 0 Å². The molecular weight excluding hydrogens is 187 g/mol. The molecule has 0 saturated heterocycles. The maximum Gasteiger partial charge on any atom is 0.485 e. The third-order valence-corrected chi connectivity index (χ3v) is 3.95. The lowest BCUT2D eigenvalue weighted by Crippen LogP contribution is -2.44. The lowest BCUT2D eigenvalue weighted by atomic mass is 9.68. The number of rotatable bonds is 4. The van der Waals surface area contributed by atoms with Crippen LogP contribution in [0.1, 0.15) is 53.4 Å². The molecule has 1 aliphatic carbocycles. The van der Waals surface area contributed by atoms with Gasteiger partial charge in [-0.15, -0.1) is 0 Å². The molecule has 0 spiro atoms. The zero-order valence-electron chi connectivity index (χ0n) is 10.3. The Morgan fingerprint density at radius 3 is 2.40 bits per heavy atom. The second kappa shape index (κ2) is 4.71. The van der Waals surface area contributed by atoms with Crippen LogP contribution in [-0.4, -0.2) is 18.3 Å². The molecule has 0 fully saturated rings. The van der Waals surface area contributed by atoms with Crippen LogP contribution >= 0.6 is 0 Å². The topological polar surface area (TPSA) is 29.5 Å². The Labute approximate surface area is 94.0 Å². The van der Waals surface area contributed by atoms with E-state index in [-0.39, 0.29) is 11.0 Å². The van der Waals surface area contributed by atoms with Crippen molar-refractivity contribution in [1.82, 2.24) is 0 Å². The van der Waals surface area contributed by atoms with Crippen molar-refractivity contribution in [3.63, 3.8) is 0 Å². The Bertz CT molecular complexity index is 244. The molecule has 0 unspecified atom stereocenters. The van der Waals surface area contributed by atoms with E-state index < -0.39 is 0 Å². The van der Waals surface area contributed by atoms with Crippen molar-refractivity contribution < 1.29 is 9.68 Å². The van der Waals surface area contributed by atoms with Crippen LogP contribution in [0, 0.1) is 5.41 Å². The summed E-state index contributed by atoms with van der Waals surface area (Å²) < 4.78 is 5.34. The fourth-order valence-corrected chi connectivity index (χ4v) is 2.07. The largest absolute Gasteiger partial charge is 0.485 e. The van der Waals surface area contributed by atoms with Gasteiger partial charge < -0.3 is 9.68 Å². The van der Waals surface area contributed by atoms with Gasteiger partial charge in [0.25, 0.3) is 0 Å². The van der Waals surface area contributed by atoms with Gasteiger partial charge in [-0.05, 0) is 39.5 Å². The summed E-state index contributed by atoms with van der Waals surface area (Å²) in [6, 6.07) is 0. The Hall–Kier alpha value is -0.275. The van der Waals surface area contributed by atoms with Gasteiger partial charge in [-0.25, -0.2) is 0 Å². The van der Waals surface area contributed by atoms with Gasteiger partial charge in [0, 0.05) is 5.41 Å². The SMILES string of the molecule is CC(C)(O[B]O)C(C)(C)C1=CCCCC1. The van der Waals surface area contributed by atoms with Crippen molar-refractivity contribution >= 4 is 7.69 Å². The first kappa shape index (κ1) is 12.8. The highest BCUT2D eigenvalue weighted by Gasteiger charge is 2.40. The van der Waals surface area contributed by atoms with Crippen molar-refractivity contribution in [2.45, 2.75) is 59.0 Å². The number of allylic oxidation sites excluding steroid dienone is 1. The van der Waals surface area contributed by atoms with Gasteiger partial charge in [-0.2, -0.15) is 0 Å². The fourth-order valence-electron chi connectivity index (χ4n) is 2.07. The molecule has 1 N–H and O–H groups in total. The molecule has 0 aromatic carbocycles. The van der Waals surface area contributed by atoms with Gasteiger partial charge in [0.05, 0.1) is 5.60 Å². The summed E-state index contributed by atoms with van der Waals surface area (Å²) in [5, 5.41) is 8.80. The molecule has 85 valence electrons. The zero-order chi connectivity index (χ0) is 11.5. The first-order valence-corrected chi connectivity index (χ1v) is 5.75. The average molecular weight is 209 g/mol. The highest BCUT2D eigenvalue weighted by atomic mass is 16.5. The van der Waals surface area contributed by atoms with E-state index in [2.05, 4.69) is 19.9 Å². The van der Waals surface area contributed by atoms with Crippen molar-refractivity contribution in [3.8, 4) is 0 Å². The van der Waals surface area contributed by atoms with E-state index in [4.69, 9.17) is 9.68 Å². The van der Waals surface area contributed by atoms with Crippen molar-refractivity contribution in [1.29, 1.82) is 0 Å². The first-order chi connectivity index (χ1) is 6.92. The first-order valence-electron chi connectivity index (χ1n) is 5.75. The summed E-state index contributed by atoms with van der Waals surface area (Å²) in [7, 11) is 0.811. The van der Waals surface area contributed by atoms with Gasteiger partial charge in [0.1, 0.15) is 0 Å². The van der Waals surface area contributed by atoms with Crippen LogP contribution in [0.4, 0.5) is 0 Å². The Morgan fingerprint density at radius 2 is 1.93 bits per heavy atom. The minimum atomic E-state index is -0.370. The summed E-state index contributed by atoms with van der Waals surface area (Å²) in [4.78, 5) is 0. The fraction of sp³-hybridized carbons (Fsp3) is 0.833. The summed E-state index contributed by atoms with van der Waals surface area (Å²) in [5.74, 6) is 0. The molecule has 0 heterocycles. The molecule has 0 aliphatic heterocycles. The quantitative estimate of drug-likeness (QED) is 0.569. The molecule has 3 heteroatoms. The van der Waals surface area contributed by atoms with Gasteiger partial charge in [-0.1, -0.05) is 25.5 Å². The third kappa shape index (κ3) is 2.64. The number of hydrogen-bond acceptors (Lipinski definition) is 2. The molecule has 0 bridgehead atoms. The van der Waals surface area contributed by atoms with Crippen molar-refractivity contribution in [2.75, 3.05) is 0 Å². The summed E-state index contributed by atoms with van der Waals surface area (Å²) >= 11 is 0. The monoisotopic (exact) mass is 209 g/mol. The van der Waals surface area contributed by atoms with Crippen LogP contribution in [-0.2, 0) is 4.65 Å². The molecule has 1 aliphatic rings. The van der Waals surface area contributed by atoms with E-state index >= 15 is 0 Å². The lowest BCUT2D eigenvalue weighted by molar-refractivity contribution is -0.000127. The summed E-state index contributed by atoms with van der Waals surface area (Å²) in [6.07, 6.45) is 7.25. The smallest absolute Gasteiger partial charge is 0.429 e. The third-order valence-electron chi connectivity index (χ3n) is 3.95. The highest BCUT2D eigenvalue weighted by molar-refractivity contribution is 6.16. The van der Waals surface area contributed by atoms with Crippen LogP contribution in [0.2, 0.25) is 0 Å². The minimum absolute atomic E-state index is 0.0351. The maximum absolute atomic E-state index is 8.80. The van der Waals surface area contributed by atoms with E-state index in [0.717, 1.165) is 14.1 Å². The molecular formula is C12H22BO2. The maximum atomic E-state index is 8.80. The summed E-state index contributed by atoms with van der Waals surface area (Å²) in [5.41, 5.74) is 1.05. The van der Waals surface area contributed by atoms with Crippen LogP contribution in [0.15, 0.2) is 11.6 Å². The average Bonchev–Trinajstić information content (AvgIpc) is 2.19. The standard InChI is InChI=1S/C12H22BO2/c1-11(2,12(3,4)15-13-14)10-8-6-5-7-9-10/h8,14H,5-7,9H2,1-4H3. The summed E-state index contributed by atoms with van der Waals surface area (Å²) in [6.45, 7) is 8.42. The molecule has 1 radical (unpaired) electrons. The molecule has 0 aromatic heterocycles. The van der Waals surface area contributed by atoms with Crippen LogP contribution in [0.3, 0.4) is 0 Å². The molecule has 0 saturated carbocycles. The molecule has 15 heavy (non-hydrogen) atoms. The van der Waals surface area contributed by atoms with Crippen LogP contribution in [0.5, 0.6) is 0 Å². The predicted molar refractivity (Wildman–Crippen MR) is 63.5 cm³/mol. The molecule has 0 amide bonds. The second-order valence-electron chi connectivity index (χ2n) is 5.33. The van der Waals surface area contributed by atoms with E-state index in [9.17, 15) is 0 Å². The van der Waals surface area contributed by atoms with Crippen molar-refractivity contribution in [2.24, 2.45) is 5.41 Å². The van der Waals surface area contributed by atoms with E-state index in [1.165, 1.54) is 24.8 Å². The van der Waals surface area contributed by atoms with Gasteiger partial charge >= 0.3 is 7.69 Å². The zero-order valence-corrected chi connectivity index (χ0v) is 10.3. The Morgan fingerprint density at radius 1 is 1.27 bits per heavy atom. The molecule has 0 aromatic rings. The second-order valence-corrected chi connectivity index (χ2v) is 5.33. The van der Waals surface area contributed by atoms with Crippen molar-refractivity contribution in [3.05, 3.63) is 11.6 Å². The lowest BCUT2D eigenvalue weighted by Gasteiger charge is -2.44. The molecule has 0 atom stereocenters. The normalized spacial score (nSPS) is 18.6. The molecule has 1 rings (SSSR count). The van der Waals surface area contributed by atoms with Gasteiger partial charge in [0.2, 0.25) is 0 Å². The van der Waals surface area contributed by atoms with E-state index in [0.29, 0.717) is 0 Å². The van der Waals surface area contributed by atoms with Crippen LogP contribution < -0.4 is 0 Å². The Kier molecular flexibility index (Phi) is 4.02. The highest BCUT2D eigenvalue weighted by Crippen LogP contribution is 2.43. The van der Waals surface area contributed by atoms with Gasteiger partial charge in [-0.3, -0.25) is 0 Å². The van der Waals surface area contributed by atoms with Crippen LogP contribution in [0.25, 0.3) is 0 Å².